The zero-order valence-corrected chi connectivity index (χ0v) is 29.0. The van der Waals surface area contributed by atoms with Gasteiger partial charge in [-0.15, -0.1) is 11.8 Å². The minimum Gasteiger partial charge on any atom is -0.451 e. The van der Waals surface area contributed by atoms with E-state index < -0.39 is 58.8 Å². The van der Waals surface area contributed by atoms with Crippen molar-refractivity contribution in [2.24, 2.45) is 0 Å². The highest BCUT2D eigenvalue weighted by Crippen LogP contribution is 2.42. The summed E-state index contributed by atoms with van der Waals surface area (Å²) in [6.45, 7) is 1.61. The maximum Gasteiger partial charge on any atom is 0.308 e. The van der Waals surface area contributed by atoms with Crippen LogP contribution in [0.15, 0.2) is 91.5 Å². The Bertz CT molecular complexity index is 2060. The molecule has 3 aromatic carbocycles. The number of aromatic nitrogens is 3. The molecule has 0 aliphatic carbocycles. The van der Waals surface area contributed by atoms with Gasteiger partial charge in [-0.05, 0) is 49.4 Å². The molecule has 0 N–H and O–H groups in total. The van der Waals surface area contributed by atoms with E-state index in [1.165, 1.54) is 59.4 Å². The van der Waals surface area contributed by atoms with E-state index in [2.05, 4.69) is 10.1 Å². The first kappa shape index (κ1) is 37.2. The minimum absolute atomic E-state index is 0.118. The lowest BCUT2D eigenvalue weighted by molar-refractivity contribution is -0.163. The third-order valence-electron chi connectivity index (χ3n) is 8.69. The van der Waals surface area contributed by atoms with Gasteiger partial charge in [0.15, 0.2) is 11.9 Å². The summed E-state index contributed by atoms with van der Waals surface area (Å²) in [6.07, 6.45) is 7.95. The van der Waals surface area contributed by atoms with Crippen LogP contribution in [0.25, 0.3) is 6.08 Å². The molecule has 0 bridgehead atoms. The molecule has 11 nitrogen and oxygen atoms in total. The smallest absolute Gasteiger partial charge is 0.308 e. The second kappa shape index (κ2) is 16.4. The molecular formula is C38H32F3N5O6S. The summed E-state index contributed by atoms with van der Waals surface area (Å²) in [5.41, 5.74) is -0.925. The van der Waals surface area contributed by atoms with Crippen LogP contribution >= 0.6 is 11.8 Å². The minimum atomic E-state index is -1.79. The number of nitriles is 1. The van der Waals surface area contributed by atoms with Gasteiger partial charge in [0.1, 0.15) is 30.1 Å². The van der Waals surface area contributed by atoms with E-state index in [0.717, 1.165) is 17.0 Å². The van der Waals surface area contributed by atoms with Gasteiger partial charge in [0.05, 0.1) is 54.2 Å². The molecule has 2 atom stereocenters. The molecule has 0 radical (unpaired) electrons. The number of carbonyl (C=O) groups is 3. The van der Waals surface area contributed by atoms with Gasteiger partial charge in [-0.2, -0.15) is 10.4 Å². The van der Waals surface area contributed by atoms with Crippen LogP contribution in [0.3, 0.4) is 0 Å². The summed E-state index contributed by atoms with van der Waals surface area (Å²) in [5, 5.41) is 12.0. The fourth-order valence-electron chi connectivity index (χ4n) is 6.02. The van der Waals surface area contributed by atoms with E-state index in [1.807, 2.05) is 6.07 Å². The second-order valence-corrected chi connectivity index (χ2v) is 13.8. The van der Waals surface area contributed by atoms with Gasteiger partial charge in [0.2, 0.25) is 0 Å². The van der Waals surface area contributed by atoms with Crippen LogP contribution in [0.4, 0.5) is 13.2 Å². The number of hydrogen-bond acceptors (Lipinski definition) is 10. The van der Waals surface area contributed by atoms with Gasteiger partial charge in [-0.1, -0.05) is 36.4 Å². The van der Waals surface area contributed by atoms with E-state index in [9.17, 15) is 23.2 Å². The molecule has 0 spiro atoms. The van der Waals surface area contributed by atoms with Crippen molar-refractivity contribution in [3.8, 4) is 6.07 Å². The van der Waals surface area contributed by atoms with Crippen LogP contribution in [0, 0.1) is 28.8 Å². The predicted molar refractivity (Wildman–Crippen MR) is 186 cm³/mol. The molecule has 0 saturated carbocycles. The third-order valence-corrected chi connectivity index (χ3v) is 10.1. The molecule has 2 aliphatic rings. The molecule has 272 valence electrons. The summed E-state index contributed by atoms with van der Waals surface area (Å²) in [5.74, 6) is -4.23. The number of rotatable bonds is 13. The average Bonchev–Trinajstić information content (AvgIpc) is 3.75. The van der Waals surface area contributed by atoms with Crippen LogP contribution in [-0.2, 0) is 31.2 Å². The number of carbonyl (C=O) groups excluding carboxylic acids is 3. The number of thioether (sulfide) groups is 1. The van der Waals surface area contributed by atoms with E-state index in [4.69, 9.17) is 19.5 Å². The SMILES string of the molecule is C[C@@H](S[C@H]1CO[C@H](C=CC=Cc2ccc(C#N)cc2F)OC1)[C@@](Cn1cncn1)(OC(=O)CCN1C(=O)c2ccccc2C1=O)c1ccc(F)cc1F. The quantitative estimate of drug-likeness (QED) is 0.0936. The maximum absolute atomic E-state index is 15.7. The Morgan fingerprint density at radius 1 is 1.06 bits per heavy atom. The van der Waals surface area contributed by atoms with Crippen molar-refractivity contribution in [2.45, 2.75) is 42.3 Å². The van der Waals surface area contributed by atoms with Crippen molar-refractivity contribution in [3.05, 3.63) is 137 Å². The fourth-order valence-corrected chi connectivity index (χ4v) is 7.39. The van der Waals surface area contributed by atoms with Gasteiger partial charge >= 0.3 is 5.97 Å². The van der Waals surface area contributed by atoms with Gasteiger partial charge in [0.25, 0.3) is 11.8 Å². The van der Waals surface area contributed by atoms with Gasteiger partial charge in [-0.25, -0.2) is 22.8 Å². The summed E-state index contributed by atoms with van der Waals surface area (Å²) in [4.78, 5) is 44.4. The summed E-state index contributed by atoms with van der Waals surface area (Å²) < 4.78 is 63.4. The molecular weight excluding hydrogens is 712 g/mol. The molecule has 6 rings (SSSR count). The topological polar surface area (TPSA) is 137 Å². The van der Waals surface area contributed by atoms with Crippen LogP contribution in [0.1, 0.15) is 50.8 Å². The Morgan fingerprint density at radius 3 is 2.43 bits per heavy atom. The molecule has 1 saturated heterocycles. The largest absolute Gasteiger partial charge is 0.451 e. The molecule has 1 fully saturated rings. The number of esters is 1. The highest BCUT2D eigenvalue weighted by Gasteiger charge is 2.47. The molecule has 15 heteroatoms. The number of benzene rings is 3. The van der Waals surface area contributed by atoms with E-state index in [1.54, 1.807) is 43.4 Å². The molecule has 0 unspecified atom stereocenters. The lowest BCUT2D eigenvalue weighted by atomic mass is 9.89. The van der Waals surface area contributed by atoms with E-state index in [0.29, 0.717) is 11.6 Å². The predicted octanol–water partition coefficient (Wildman–Crippen LogP) is 5.82. The van der Waals surface area contributed by atoms with Crippen LogP contribution < -0.4 is 0 Å². The average molecular weight is 744 g/mol. The second-order valence-electron chi connectivity index (χ2n) is 12.2. The Morgan fingerprint density at radius 2 is 1.79 bits per heavy atom. The molecule has 2 amide bonds. The number of imide groups is 1. The number of amides is 2. The van der Waals surface area contributed by atoms with Gasteiger partial charge in [-0.3, -0.25) is 19.3 Å². The van der Waals surface area contributed by atoms with Crippen molar-refractivity contribution in [2.75, 3.05) is 19.8 Å². The van der Waals surface area contributed by atoms with E-state index >= 15 is 4.39 Å². The van der Waals surface area contributed by atoms with Crippen molar-refractivity contribution in [1.82, 2.24) is 19.7 Å². The maximum atomic E-state index is 15.7. The lowest BCUT2D eigenvalue weighted by Gasteiger charge is -2.40. The highest BCUT2D eigenvalue weighted by molar-refractivity contribution is 8.00. The number of hydrogen-bond donors (Lipinski definition) is 0. The molecule has 4 aromatic rings. The fraction of sp³-hybridized carbons (Fsp3) is 0.263. The number of ether oxygens (including phenoxy) is 3. The van der Waals surface area contributed by atoms with Crippen molar-refractivity contribution < 1.29 is 41.8 Å². The van der Waals surface area contributed by atoms with Crippen LogP contribution in [0.5, 0.6) is 0 Å². The first-order chi connectivity index (χ1) is 25.6. The molecule has 53 heavy (non-hydrogen) atoms. The summed E-state index contributed by atoms with van der Waals surface area (Å²) in [6, 6.07) is 15.4. The normalized spacial score (nSPS) is 19.0. The van der Waals surface area contributed by atoms with Crippen molar-refractivity contribution >= 4 is 35.6 Å². The zero-order valence-electron chi connectivity index (χ0n) is 28.2. The Hall–Kier alpha value is -5.56. The van der Waals surface area contributed by atoms with Crippen LogP contribution in [0.2, 0.25) is 0 Å². The molecule has 2 aliphatic heterocycles. The first-order valence-electron chi connectivity index (χ1n) is 16.5. The number of allylic oxidation sites excluding steroid dienone is 2. The lowest BCUT2D eigenvalue weighted by Crippen LogP contribution is -2.47. The van der Waals surface area contributed by atoms with Crippen LogP contribution in [-0.4, -0.2) is 74.0 Å². The summed E-state index contributed by atoms with van der Waals surface area (Å²) >= 11 is 1.30. The van der Waals surface area contributed by atoms with Crippen molar-refractivity contribution in [3.63, 3.8) is 0 Å². The monoisotopic (exact) mass is 743 g/mol. The standard InChI is InChI=1S/C38H32F3N5O6S/c1-24(53-28-19-50-35(51-20-28)9-5-2-6-26-11-10-25(18-42)16-32(26)40)38(21-45-23-43-22-44-45,31-13-12-27(39)17-33(31)41)52-34(47)14-15-46-36(48)29-7-3-4-8-30(29)37(46)49/h2-13,16-17,22-24,28,35H,14-15,19-21H2,1H3/t24-,28-,35-,38-/m1/s1. The summed E-state index contributed by atoms with van der Waals surface area (Å²) in [7, 11) is 0. The number of nitrogens with zero attached hydrogens (tertiary/aromatic N) is 5. The molecule has 1 aromatic heterocycles. The zero-order chi connectivity index (χ0) is 37.5. The number of fused-ring (bicyclic) bond motifs is 1. The number of halogens is 3. The Labute approximate surface area is 306 Å². The Balaban J connectivity index is 1.17. The first-order valence-corrected chi connectivity index (χ1v) is 17.4. The van der Waals surface area contributed by atoms with Gasteiger partial charge < -0.3 is 14.2 Å². The molecule has 3 heterocycles. The highest BCUT2D eigenvalue weighted by atomic mass is 32.2. The van der Waals surface area contributed by atoms with Gasteiger partial charge in [0, 0.05) is 29.0 Å². The third kappa shape index (κ3) is 8.41. The Kier molecular flexibility index (Phi) is 11.5. The van der Waals surface area contributed by atoms with E-state index in [-0.39, 0.29) is 53.8 Å². The van der Waals surface area contributed by atoms with Crippen molar-refractivity contribution in [1.29, 1.82) is 5.26 Å².